The summed E-state index contributed by atoms with van der Waals surface area (Å²) in [7, 11) is 0. The molecule has 1 aliphatic heterocycles. The van der Waals surface area contributed by atoms with E-state index in [0.29, 0.717) is 0 Å². The van der Waals surface area contributed by atoms with E-state index in [4.69, 9.17) is 9.40 Å². The molecule has 3 aromatic heterocycles. The highest BCUT2D eigenvalue weighted by molar-refractivity contribution is 6.25. The van der Waals surface area contributed by atoms with Gasteiger partial charge in [0.25, 0.3) is 0 Å². The number of para-hydroxylation sites is 2. The third kappa shape index (κ3) is 5.12. The van der Waals surface area contributed by atoms with E-state index in [2.05, 4.69) is 216 Å². The summed E-state index contributed by atoms with van der Waals surface area (Å²) >= 11 is 0. The Labute approximate surface area is 375 Å². The number of benzene rings is 9. The van der Waals surface area contributed by atoms with Crippen LogP contribution in [0.4, 0.5) is 34.1 Å². The number of hydrogen-bond acceptors (Lipinski definition) is 4. The number of pyridine rings is 1. The van der Waals surface area contributed by atoms with Gasteiger partial charge in [-0.25, -0.2) is 0 Å². The van der Waals surface area contributed by atoms with E-state index in [1.165, 1.54) is 38.4 Å². The van der Waals surface area contributed by atoms with Crippen molar-refractivity contribution in [2.75, 3.05) is 9.80 Å². The van der Waals surface area contributed by atoms with E-state index in [9.17, 15) is 0 Å². The van der Waals surface area contributed by atoms with Gasteiger partial charge in [-0.2, -0.15) is 0 Å². The molecule has 0 atom stereocenters. The van der Waals surface area contributed by atoms with Crippen LogP contribution in [0.25, 0.3) is 82.6 Å². The molecule has 0 radical (unpaired) electrons. The van der Waals surface area contributed by atoms with Gasteiger partial charge in [-0.3, -0.25) is 4.98 Å². The predicted molar refractivity (Wildman–Crippen MR) is 269 cm³/mol. The van der Waals surface area contributed by atoms with Gasteiger partial charge in [0.2, 0.25) is 0 Å². The first kappa shape index (κ1) is 36.1. The van der Waals surface area contributed by atoms with Crippen LogP contribution in [0.2, 0.25) is 0 Å². The van der Waals surface area contributed by atoms with Gasteiger partial charge in [-0.15, -0.1) is 0 Å². The van der Waals surface area contributed by atoms with Crippen molar-refractivity contribution in [1.29, 1.82) is 0 Å². The topological polar surface area (TPSA) is 37.4 Å². The highest BCUT2D eigenvalue weighted by Crippen LogP contribution is 2.54. The molecule has 0 N–H and O–H groups in total. The monoisotopic (exact) mass is 832 g/mol. The molecule has 0 bridgehead atoms. The fourth-order valence-corrected chi connectivity index (χ4v) is 11.1. The second-order valence-electron chi connectivity index (χ2n) is 18.0. The van der Waals surface area contributed by atoms with Crippen LogP contribution in [0.1, 0.15) is 25.0 Å². The molecular weight excluding hydrogens is 793 g/mol. The molecule has 0 saturated heterocycles. The molecule has 65 heavy (non-hydrogen) atoms. The molecule has 5 nitrogen and oxygen atoms in total. The third-order valence-corrected chi connectivity index (χ3v) is 14.1. The van der Waals surface area contributed by atoms with Gasteiger partial charge >= 0.3 is 0 Å². The minimum atomic E-state index is -0.107. The van der Waals surface area contributed by atoms with Crippen LogP contribution in [0.5, 0.6) is 0 Å². The lowest BCUT2D eigenvalue weighted by Gasteiger charge is -2.34. The summed E-state index contributed by atoms with van der Waals surface area (Å²) in [6.07, 6.45) is 1.85. The van der Waals surface area contributed by atoms with Gasteiger partial charge < -0.3 is 18.8 Å². The average molecular weight is 833 g/mol. The van der Waals surface area contributed by atoms with E-state index in [1.54, 1.807) is 0 Å². The van der Waals surface area contributed by atoms with Crippen molar-refractivity contribution in [2.45, 2.75) is 19.3 Å². The van der Waals surface area contributed by atoms with Gasteiger partial charge in [0.1, 0.15) is 5.52 Å². The molecule has 0 unspecified atom stereocenters. The Morgan fingerprint density at radius 3 is 1.97 bits per heavy atom. The van der Waals surface area contributed by atoms with E-state index >= 15 is 0 Å². The summed E-state index contributed by atoms with van der Waals surface area (Å²) in [4.78, 5) is 9.61. The standard InChI is InChI=1S/C60H40N4O/c1-60(2)50-21-12-11-20-45(50)46-28-27-44(36-51(46)60)62(41-16-5-3-6-17-41)43-25-23-37(24-26-43)40-32-49-47-29-30-48-56-55(22-13-31-61-56)65-59(48)58(47)64-53-34-39-15-10-9-14-38(39)33-52(53)63(54(35-40)57(49)64)42-18-7-4-8-19-42/h3-36H,1-2H3. The van der Waals surface area contributed by atoms with Gasteiger partial charge in [0.15, 0.2) is 11.2 Å². The maximum Gasteiger partial charge on any atom is 0.161 e. The fraction of sp³-hybridized carbons (Fsp3) is 0.0500. The van der Waals surface area contributed by atoms with Crippen molar-refractivity contribution in [3.63, 3.8) is 0 Å². The summed E-state index contributed by atoms with van der Waals surface area (Å²) in [5, 5.41) is 5.69. The Morgan fingerprint density at radius 1 is 0.477 bits per heavy atom. The quantitative estimate of drug-likeness (QED) is 0.173. The summed E-state index contributed by atoms with van der Waals surface area (Å²) in [5.41, 5.74) is 20.0. The normalized spacial score (nSPS) is 13.5. The van der Waals surface area contributed by atoms with E-state index in [1.807, 2.05) is 18.3 Å². The summed E-state index contributed by atoms with van der Waals surface area (Å²) < 4.78 is 9.24. The number of rotatable bonds is 5. The first-order chi connectivity index (χ1) is 32.0. The van der Waals surface area contributed by atoms with Crippen LogP contribution in [-0.2, 0) is 5.41 Å². The number of aromatic nitrogens is 2. The van der Waals surface area contributed by atoms with Gasteiger partial charge in [-0.1, -0.05) is 123 Å². The van der Waals surface area contributed by atoms with Crippen LogP contribution in [-0.4, -0.2) is 9.55 Å². The highest BCUT2D eigenvalue weighted by Gasteiger charge is 2.36. The maximum absolute atomic E-state index is 6.79. The zero-order chi connectivity index (χ0) is 43.0. The van der Waals surface area contributed by atoms with Gasteiger partial charge in [-0.05, 0) is 135 Å². The smallest absolute Gasteiger partial charge is 0.161 e. The average Bonchev–Trinajstić information content (AvgIpc) is 3.98. The fourth-order valence-electron chi connectivity index (χ4n) is 11.1. The Morgan fingerprint density at radius 2 is 1.15 bits per heavy atom. The lowest BCUT2D eigenvalue weighted by Crippen LogP contribution is -2.18. The third-order valence-electron chi connectivity index (χ3n) is 14.1. The van der Waals surface area contributed by atoms with Crippen LogP contribution < -0.4 is 9.80 Å². The first-order valence-corrected chi connectivity index (χ1v) is 22.4. The number of anilines is 6. The Kier molecular flexibility index (Phi) is 7.39. The summed E-state index contributed by atoms with van der Waals surface area (Å²) in [6.45, 7) is 4.70. The molecule has 4 heterocycles. The molecule has 1 aliphatic carbocycles. The minimum absolute atomic E-state index is 0.107. The number of hydrogen-bond donors (Lipinski definition) is 0. The predicted octanol–water partition coefficient (Wildman–Crippen LogP) is 16.5. The SMILES string of the molecule is CC1(C)c2ccccc2-c2ccc(N(c3ccccc3)c3ccc(-c4cc5c6c(c4)c4ccc7c8ncccc8oc7c4n6-c4cc6ccccc6cc4N5c4ccccc4)cc3)cc21. The van der Waals surface area contributed by atoms with Crippen LogP contribution >= 0.6 is 0 Å². The minimum Gasteiger partial charge on any atom is -0.452 e. The van der Waals surface area contributed by atoms with Crippen molar-refractivity contribution < 1.29 is 4.42 Å². The lowest BCUT2D eigenvalue weighted by atomic mass is 9.82. The zero-order valence-electron chi connectivity index (χ0n) is 35.8. The van der Waals surface area contributed by atoms with Gasteiger partial charge in [0.05, 0.1) is 28.1 Å². The second-order valence-corrected chi connectivity index (χ2v) is 18.0. The van der Waals surface area contributed by atoms with Crippen LogP contribution in [0.3, 0.4) is 0 Å². The van der Waals surface area contributed by atoms with Crippen molar-refractivity contribution in [3.05, 3.63) is 218 Å². The molecule has 306 valence electrons. The molecule has 12 aromatic rings. The summed E-state index contributed by atoms with van der Waals surface area (Å²) in [5.74, 6) is 0. The Hall–Kier alpha value is -8.41. The van der Waals surface area contributed by atoms with Crippen molar-refractivity contribution in [3.8, 4) is 27.9 Å². The largest absolute Gasteiger partial charge is 0.452 e. The van der Waals surface area contributed by atoms with Gasteiger partial charge in [0, 0.05) is 50.5 Å². The van der Waals surface area contributed by atoms with E-state index in [-0.39, 0.29) is 5.41 Å². The molecule has 14 rings (SSSR count). The molecule has 2 aliphatic rings. The molecule has 0 saturated carbocycles. The number of furan rings is 1. The van der Waals surface area contributed by atoms with Crippen molar-refractivity contribution in [2.24, 2.45) is 0 Å². The summed E-state index contributed by atoms with van der Waals surface area (Å²) in [6, 6.07) is 73.0. The maximum atomic E-state index is 6.79. The Balaban J connectivity index is 0.989. The van der Waals surface area contributed by atoms with Crippen LogP contribution in [0, 0.1) is 0 Å². The molecule has 5 heteroatoms. The zero-order valence-corrected chi connectivity index (χ0v) is 35.8. The first-order valence-electron chi connectivity index (χ1n) is 22.4. The molecular formula is C60H40N4O. The molecule has 0 amide bonds. The second kappa shape index (κ2) is 13.3. The molecule has 9 aromatic carbocycles. The van der Waals surface area contributed by atoms with E-state index in [0.717, 1.165) is 89.4 Å². The number of nitrogens with zero attached hydrogens (tertiary/aromatic N) is 4. The van der Waals surface area contributed by atoms with Crippen molar-refractivity contribution >= 4 is 88.8 Å². The number of fused-ring (bicyclic) bond motifs is 13. The molecule has 0 fully saturated rings. The Bertz CT molecular complexity index is 3920. The highest BCUT2D eigenvalue weighted by atomic mass is 16.3. The van der Waals surface area contributed by atoms with E-state index < -0.39 is 0 Å². The molecule has 0 spiro atoms. The lowest BCUT2D eigenvalue weighted by molar-refractivity contribution is 0.660. The van der Waals surface area contributed by atoms with Crippen molar-refractivity contribution in [1.82, 2.24) is 9.55 Å². The van der Waals surface area contributed by atoms with Crippen LogP contribution in [0.15, 0.2) is 211 Å².